The fraction of sp³-hybridized carbons (Fsp3) is 0.500. The van der Waals surface area contributed by atoms with E-state index in [0.717, 1.165) is 0 Å². The quantitative estimate of drug-likeness (QED) is 0.367. The van der Waals surface area contributed by atoms with Crippen molar-refractivity contribution in [2.45, 2.75) is 6.92 Å². The molecule has 0 aliphatic rings. The van der Waals surface area contributed by atoms with Gasteiger partial charge < -0.3 is 15.3 Å². The molecule has 0 aliphatic carbocycles. The average Bonchev–Trinajstić information content (AvgIpc) is 1.89. The van der Waals surface area contributed by atoms with Crippen LogP contribution in [0.25, 0.3) is 0 Å². The maximum absolute atomic E-state index is 9.60. The van der Waals surface area contributed by atoms with Crippen molar-refractivity contribution in [1.82, 2.24) is 0 Å². The summed E-state index contributed by atoms with van der Waals surface area (Å²) in [4.78, 5) is 9.60. The molecule has 0 atom stereocenters. The molecule has 0 spiro atoms. The molecule has 0 aromatic heterocycles. The van der Waals surface area contributed by atoms with E-state index in [1.165, 1.54) is 6.92 Å². The van der Waals surface area contributed by atoms with Gasteiger partial charge in [-0.3, -0.25) is 0 Å². The van der Waals surface area contributed by atoms with Crippen LogP contribution in [-0.2, 0) is 4.79 Å². The SMILES string of the molecule is C=C(C)C(=O)O.OCCO.[NaH]. The molecule has 0 fully saturated rings. The van der Waals surface area contributed by atoms with Crippen LogP contribution in [0.15, 0.2) is 12.2 Å². The number of aliphatic hydroxyl groups is 2. The Hall–Kier alpha value is 0.130. The van der Waals surface area contributed by atoms with Crippen molar-refractivity contribution in [3.8, 4) is 0 Å². The van der Waals surface area contributed by atoms with Gasteiger partial charge in [-0.15, -0.1) is 0 Å². The zero-order valence-corrected chi connectivity index (χ0v) is 5.87. The standard InChI is InChI=1S/C4H6O2.C2H6O2.Na.H/c1-3(2)4(5)6;3-1-2-4;;/h1H2,2H3,(H,5,6);3-4H,1-2H2;;. The Bertz CT molecular complexity index is 99.1. The summed E-state index contributed by atoms with van der Waals surface area (Å²) in [6.07, 6.45) is 0. The maximum atomic E-state index is 9.60. The van der Waals surface area contributed by atoms with Gasteiger partial charge in [0.1, 0.15) is 0 Å². The van der Waals surface area contributed by atoms with Gasteiger partial charge in [-0.25, -0.2) is 4.79 Å². The molecule has 0 aliphatic heterocycles. The molecule has 0 rings (SSSR count). The number of carbonyl (C=O) groups is 1. The molecule has 4 nitrogen and oxygen atoms in total. The third-order valence-corrected chi connectivity index (χ3v) is 0.465. The van der Waals surface area contributed by atoms with E-state index in [1.807, 2.05) is 0 Å². The molecule has 0 amide bonds. The molecular weight excluding hydrogens is 159 g/mol. The van der Waals surface area contributed by atoms with E-state index >= 15 is 0 Å². The summed E-state index contributed by atoms with van der Waals surface area (Å²) in [5.74, 6) is -0.935. The van der Waals surface area contributed by atoms with Gasteiger partial charge in [0, 0.05) is 5.57 Å². The van der Waals surface area contributed by atoms with E-state index in [-0.39, 0.29) is 48.3 Å². The molecule has 0 aromatic carbocycles. The zero-order valence-electron chi connectivity index (χ0n) is 5.87. The average molecular weight is 172 g/mol. The molecule has 0 saturated heterocycles. The monoisotopic (exact) mass is 172 g/mol. The Labute approximate surface area is 87.8 Å². The topological polar surface area (TPSA) is 77.8 Å². The van der Waals surface area contributed by atoms with Gasteiger partial charge in [-0.05, 0) is 6.92 Å². The summed E-state index contributed by atoms with van der Waals surface area (Å²) in [7, 11) is 0. The summed E-state index contributed by atoms with van der Waals surface area (Å²) in [6.45, 7) is 4.35. The summed E-state index contributed by atoms with van der Waals surface area (Å²) >= 11 is 0. The number of rotatable bonds is 2. The molecule has 0 aromatic rings. The van der Waals surface area contributed by atoms with Gasteiger partial charge in [-0.2, -0.15) is 0 Å². The predicted molar refractivity (Wildman–Crippen MR) is 43.8 cm³/mol. The molecule has 0 heterocycles. The Morgan fingerprint density at radius 2 is 1.55 bits per heavy atom. The van der Waals surface area contributed by atoms with Crippen LogP contribution in [0.1, 0.15) is 6.92 Å². The molecule has 0 radical (unpaired) electrons. The first-order chi connectivity index (χ1) is 4.56. The van der Waals surface area contributed by atoms with Crippen molar-refractivity contribution in [2.24, 2.45) is 0 Å². The summed E-state index contributed by atoms with van der Waals surface area (Å²) in [6, 6.07) is 0. The second-order valence-corrected chi connectivity index (χ2v) is 1.53. The Morgan fingerprint density at radius 1 is 1.36 bits per heavy atom. The van der Waals surface area contributed by atoms with Gasteiger partial charge in [-0.1, -0.05) is 6.58 Å². The summed E-state index contributed by atoms with van der Waals surface area (Å²) in [5.41, 5.74) is 0.176. The first-order valence-corrected chi connectivity index (χ1v) is 2.66. The fourth-order valence-corrected chi connectivity index (χ4v) is 0. The molecule has 3 N–H and O–H groups in total. The minimum absolute atomic E-state index is 0. The van der Waals surface area contributed by atoms with E-state index < -0.39 is 5.97 Å². The summed E-state index contributed by atoms with van der Waals surface area (Å²) in [5, 5.41) is 23.1. The van der Waals surface area contributed by atoms with Crippen molar-refractivity contribution in [3.63, 3.8) is 0 Å². The second kappa shape index (κ2) is 12.8. The zero-order chi connectivity index (χ0) is 8.57. The van der Waals surface area contributed by atoms with Crippen molar-refractivity contribution in [2.75, 3.05) is 13.2 Å². The van der Waals surface area contributed by atoms with Crippen LogP contribution in [-0.4, -0.2) is 64.1 Å². The second-order valence-electron chi connectivity index (χ2n) is 1.53. The molecular formula is C6H13NaO4. The van der Waals surface area contributed by atoms with Gasteiger partial charge in [0.2, 0.25) is 0 Å². The van der Waals surface area contributed by atoms with Crippen molar-refractivity contribution >= 4 is 35.5 Å². The molecule has 62 valence electrons. The molecule has 0 saturated carbocycles. The van der Waals surface area contributed by atoms with Crippen LogP contribution in [0.2, 0.25) is 0 Å². The Balaban J connectivity index is -0.000000114. The Kier molecular flexibility index (Phi) is 20.1. The van der Waals surface area contributed by atoms with Crippen LogP contribution >= 0.6 is 0 Å². The fourth-order valence-electron chi connectivity index (χ4n) is 0. The number of aliphatic carboxylic acids is 1. The van der Waals surface area contributed by atoms with Gasteiger partial charge in [0.05, 0.1) is 13.2 Å². The van der Waals surface area contributed by atoms with E-state index in [1.54, 1.807) is 0 Å². The first-order valence-electron chi connectivity index (χ1n) is 2.66. The summed E-state index contributed by atoms with van der Waals surface area (Å²) < 4.78 is 0. The third kappa shape index (κ3) is 25.4. The van der Waals surface area contributed by atoms with E-state index in [2.05, 4.69) is 6.58 Å². The third-order valence-electron chi connectivity index (χ3n) is 0.465. The van der Waals surface area contributed by atoms with Crippen LogP contribution in [0.5, 0.6) is 0 Å². The number of aliphatic hydroxyl groups excluding tert-OH is 2. The van der Waals surface area contributed by atoms with Crippen molar-refractivity contribution < 1.29 is 20.1 Å². The van der Waals surface area contributed by atoms with Crippen LogP contribution < -0.4 is 0 Å². The number of carboxylic acids is 1. The normalized spacial score (nSPS) is 6.82. The van der Waals surface area contributed by atoms with E-state index in [0.29, 0.717) is 0 Å². The van der Waals surface area contributed by atoms with Crippen molar-refractivity contribution in [3.05, 3.63) is 12.2 Å². The van der Waals surface area contributed by atoms with Gasteiger partial charge >= 0.3 is 35.5 Å². The van der Waals surface area contributed by atoms with Gasteiger partial charge in [0.15, 0.2) is 0 Å². The van der Waals surface area contributed by atoms with Crippen LogP contribution in [0, 0.1) is 0 Å². The predicted octanol–water partition coefficient (Wildman–Crippen LogP) is -1.03. The Morgan fingerprint density at radius 3 is 1.55 bits per heavy atom. The van der Waals surface area contributed by atoms with Gasteiger partial charge in [0.25, 0.3) is 0 Å². The first kappa shape index (κ1) is 17.3. The number of hydrogen-bond acceptors (Lipinski definition) is 3. The van der Waals surface area contributed by atoms with Crippen LogP contribution in [0.4, 0.5) is 0 Å². The van der Waals surface area contributed by atoms with E-state index in [9.17, 15) is 4.79 Å². The minimum atomic E-state index is -0.935. The van der Waals surface area contributed by atoms with E-state index in [4.69, 9.17) is 15.3 Å². The van der Waals surface area contributed by atoms with Crippen LogP contribution in [0.3, 0.4) is 0 Å². The van der Waals surface area contributed by atoms with Crippen molar-refractivity contribution in [1.29, 1.82) is 0 Å². The molecule has 5 heteroatoms. The number of hydrogen-bond donors (Lipinski definition) is 3. The molecule has 0 unspecified atom stereocenters. The number of carboxylic acid groups (broad SMARTS) is 1. The molecule has 11 heavy (non-hydrogen) atoms. The molecule has 0 bridgehead atoms.